The molecule has 4 nitrogen and oxygen atoms in total. The first-order valence-electron chi connectivity index (χ1n) is 8.15. The third-order valence-electron chi connectivity index (χ3n) is 4.32. The van der Waals surface area contributed by atoms with Gasteiger partial charge in [0.05, 0.1) is 0 Å². The van der Waals surface area contributed by atoms with Crippen LogP contribution in [-0.4, -0.2) is 30.3 Å². The highest BCUT2D eigenvalue weighted by Crippen LogP contribution is 2.27. The summed E-state index contributed by atoms with van der Waals surface area (Å²) in [5, 5.41) is 6.54. The fourth-order valence-corrected chi connectivity index (χ4v) is 3.17. The van der Waals surface area contributed by atoms with E-state index in [1.165, 1.54) is 32.1 Å². The van der Waals surface area contributed by atoms with Crippen LogP contribution in [-0.2, 0) is 4.74 Å². The predicted molar refractivity (Wildman–Crippen MR) is 80.8 cm³/mol. The molecule has 0 aromatic heterocycles. The molecule has 0 heterocycles. The number of ether oxygens (including phenoxy) is 1. The number of hydrogen-bond donors (Lipinski definition) is 2. The normalized spacial score (nSPS) is 27.1. The molecule has 0 saturated heterocycles. The molecule has 2 aliphatic carbocycles. The predicted octanol–water partition coefficient (Wildman–Crippen LogP) is 3.21. The smallest absolute Gasteiger partial charge is 0.407 e. The molecule has 2 fully saturated rings. The number of amides is 1. The quantitative estimate of drug-likeness (QED) is 0.814. The molecule has 4 heteroatoms. The Labute approximate surface area is 123 Å². The molecule has 1 amide bonds. The molecule has 2 aliphatic rings. The summed E-state index contributed by atoms with van der Waals surface area (Å²) in [4.78, 5) is 11.6. The molecule has 0 spiro atoms. The summed E-state index contributed by atoms with van der Waals surface area (Å²) in [6, 6.07) is 0.866. The van der Waals surface area contributed by atoms with E-state index in [4.69, 9.17) is 4.74 Å². The molecular formula is C16H30N2O2. The minimum absolute atomic E-state index is 0.285. The molecule has 0 radical (unpaired) electrons. The van der Waals surface area contributed by atoms with Crippen LogP contribution in [0.25, 0.3) is 0 Å². The van der Waals surface area contributed by atoms with E-state index in [2.05, 4.69) is 10.6 Å². The van der Waals surface area contributed by atoms with Gasteiger partial charge in [0, 0.05) is 12.1 Å². The van der Waals surface area contributed by atoms with Gasteiger partial charge in [-0.15, -0.1) is 0 Å². The molecular weight excluding hydrogens is 252 g/mol. The van der Waals surface area contributed by atoms with Crippen molar-refractivity contribution in [1.82, 2.24) is 10.6 Å². The first kappa shape index (κ1) is 15.6. The minimum Gasteiger partial charge on any atom is -0.444 e. The first-order valence-corrected chi connectivity index (χ1v) is 8.15. The van der Waals surface area contributed by atoms with Crippen LogP contribution in [0.5, 0.6) is 0 Å². The van der Waals surface area contributed by atoms with Gasteiger partial charge in [-0.3, -0.25) is 0 Å². The van der Waals surface area contributed by atoms with Crippen LogP contribution in [0, 0.1) is 5.92 Å². The number of carbonyl (C=O) groups excluding carboxylic acids is 1. The molecule has 2 saturated carbocycles. The second-order valence-corrected chi connectivity index (χ2v) is 7.40. The molecule has 0 unspecified atom stereocenters. The molecule has 2 N–H and O–H groups in total. The highest BCUT2D eigenvalue weighted by molar-refractivity contribution is 5.68. The van der Waals surface area contributed by atoms with Gasteiger partial charge in [0.15, 0.2) is 0 Å². The summed E-state index contributed by atoms with van der Waals surface area (Å²) in [7, 11) is 0. The van der Waals surface area contributed by atoms with Gasteiger partial charge < -0.3 is 15.4 Å². The summed E-state index contributed by atoms with van der Waals surface area (Å²) in [5.41, 5.74) is -0.410. The summed E-state index contributed by atoms with van der Waals surface area (Å²) in [5.74, 6) is 0.957. The Morgan fingerprint density at radius 2 is 1.80 bits per heavy atom. The van der Waals surface area contributed by atoms with E-state index in [9.17, 15) is 4.79 Å². The lowest BCUT2D eigenvalue weighted by Crippen LogP contribution is -2.53. The summed E-state index contributed by atoms with van der Waals surface area (Å²) < 4.78 is 5.26. The molecule has 2 rings (SSSR count). The van der Waals surface area contributed by atoms with Gasteiger partial charge in [0.1, 0.15) is 5.60 Å². The van der Waals surface area contributed by atoms with Crippen molar-refractivity contribution in [3.63, 3.8) is 0 Å². The summed E-state index contributed by atoms with van der Waals surface area (Å²) in [6.07, 6.45) is 8.80. The number of alkyl carbamates (subject to hydrolysis) is 1. The Morgan fingerprint density at radius 1 is 1.15 bits per heavy atom. The Balaban J connectivity index is 1.50. The van der Waals surface area contributed by atoms with E-state index < -0.39 is 5.60 Å². The van der Waals surface area contributed by atoms with Crippen LogP contribution in [0.1, 0.15) is 65.7 Å². The van der Waals surface area contributed by atoms with E-state index in [0.717, 1.165) is 25.3 Å². The zero-order chi connectivity index (χ0) is 14.6. The highest BCUT2D eigenvalue weighted by Gasteiger charge is 2.31. The average molecular weight is 282 g/mol. The maximum absolute atomic E-state index is 11.6. The zero-order valence-corrected chi connectivity index (χ0v) is 13.2. The van der Waals surface area contributed by atoms with Crippen LogP contribution < -0.4 is 10.6 Å². The standard InChI is InChI=1S/C16H30N2O2/c1-16(2,3)20-15(19)18-14-10-13(11-14)17-9-8-12-6-4-5-7-12/h12-14,17H,4-11H2,1-3H3,(H,18,19). The lowest BCUT2D eigenvalue weighted by molar-refractivity contribution is 0.0465. The fraction of sp³-hybridized carbons (Fsp3) is 0.938. The number of hydrogen-bond acceptors (Lipinski definition) is 3. The molecule has 0 aliphatic heterocycles. The van der Waals surface area contributed by atoms with E-state index >= 15 is 0 Å². The second-order valence-electron chi connectivity index (χ2n) is 7.40. The van der Waals surface area contributed by atoms with Crippen LogP contribution >= 0.6 is 0 Å². The number of carbonyl (C=O) groups is 1. The Kier molecular flexibility index (Phi) is 5.30. The van der Waals surface area contributed by atoms with Crippen molar-refractivity contribution in [2.45, 2.75) is 83.4 Å². The summed E-state index contributed by atoms with van der Waals surface area (Å²) in [6.45, 7) is 6.80. The van der Waals surface area contributed by atoms with Crippen LogP contribution in [0.3, 0.4) is 0 Å². The first-order chi connectivity index (χ1) is 9.42. The van der Waals surface area contributed by atoms with E-state index in [1.54, 1.807) is 0 Å². The topological polar surface area (TPSA) is 50.4 Å². The molecule has 0 bridgehead atoms. The van der Waals surface area contributed by atoms with Crippen molar-refractivity contribution in [3.8, 4) is 0 Å². The van der Waals surface area contributed by atoms with Crippen LogP contribution in [0.2, 0.25) is 0 Å². The van der Waals surface area contributed by atoms with Gasteiger partial charge in [-0.1, -0.05) is 25.7 Å². The summed E-state index contributed by atoms with van der Waals surface area (Å²) >= 11 is 0. The van der Waals surface area contributed by atoms with Crippen LogP contribution in [0.15, 0.2) is 0 Å². The van der Waals surface area contributed by atoms with Gasteiger partial charge >= 0.3 is 6.09 Å². The van der Waals surface area contributed by atoms with Gasteiger partial charge in [-0.25, -0.2) is 4.79 Å². The van der Waals surface area contributed by atoms with Crippen molar-refractivity contribution in [2.75, 3.05) is 6.54 Å². The second kappa shape index (κ2) is 6.79. The number of nitrogens with one attached hydrogen (secondary N) is 2. The minimum atomic E-state index is -0.410. The maximum Gasteiger partial charge on any atom is 0.407 e. The van der Waals surface area contributed by atoms with Crippen molar-refractivity contribution in [3.05, 3.63) is 0 Å². The average Bonchev–Trinajstić information content (AvgIpc) is 2.75. The SMILES string of the molecule is CC(C)(C)OC(=O)NC1CC(NCCC2CCCC2)C1. The lowest BCUT2D eigenvalue weighted by atomic mass is 9.86. The molecule has 0 aromatic rings. The molecule has 0 aromatic carbocycles. The monoisotopic (exact) mass is 282 g/mol. The van der Waals surface area contributed by atoms with Crippen molar-refractivity contribution in [2.24, 2.45) is 5.92 Å². The molecule has 20 heavy (non-hydrogen) atoms. The largest absolute Gasteiger partial charge is 0.444 e. The zero-order valence-electron chi connectivity index (χ0n) is 13.2. The number of rotatable bonds is 5. The van der Waals surface area contributed by atoms with Crippen molar-refractivity contribution >= 4 is 6.09 Å². The molecule has 0 atom stereocenters. The third-order valence-corrected chi connectivity index (χ3v) is 4.32. The fourth-order valence-electron chi connectivity index (χ4n) is 3.17. The third kappa shape index (κ3) is 5.31. The van der Waals surface area contributed by atoms with Gasteiger partial charge in [0.25, 0.3) is 0 Å². The Hall–Kier alpha value is -0.770. The van der Waals surface area contributed by atoms with Gasteiger partial charge in [0.2, 0.25) is 0 Å². The van der Waals surface area contributed by atoms with E-state index in [-0.39, 0.29) is 12.1 Å². The van der Waals surface area contributed by atoms with Gasteiger partial charge in [-0.2, -0.15) is 0 Å². The van der Waals surface area contributed by atoms with E-state index in [1.807, 2.05) is 20.8 Å². The maximum atomic E-state index is 11.6. The highest BCUT2D eigenvalue weighted by atomic mass is 16.6. The van der Waals surface area contributed by atoms with Gasteiger partial charge in [-0.05, 0) is 52.5 Å². The lowest BCUT2D eigenvalue weighted by Gasteiger charge is -2.37. The van der Waals surface area contributed by atoms with Crippen LogP contribution in [0.4, 0.5) is 4.79 Å². The Bertz CT molecular complexity index is 313. The van der Waals surface area contributed by atoms with Crippen molar-refractivity contribution < 1.29 is 9.53 Å². The Morgan fingerprint density at radius 3 is 2.40 bits per heavy atom. The van der Waals surface area contributed by atoms with Crippen molar-refractivity contribution in [1.29, 1.82) is 0 Å². The van der Waals surface area contributed by atoms with E-state index in [0.29, 0.717) is 6.04 Å². The molecule has 116 valence electrons.